The lowest BCUT2D eigenvalue weighted by molar-refractivity contribution is -0.125. The number of ether oxygens (including phenoxy) is 1. The lowest BCUT2D eigenvalue weighted by atomic mass is 9.94. The van der Waals surface area contributed by atoms with E-state index in [1.165, 1.54) is 19.3 Å². The third kappa shape index (κ3) is 7.11. The number of amides is 1. The largest absolute Gasteiger partial charge is 0.496 e. The number of halogens is 2. The molecule has 1 heterocycles. The lowest BCUT2D eigenvalue weighted by Crippen LogP contribution is -2.43. The molecule has 31 heavy (non-hydrogen) atoms. The van der Waals surface area contributed by atoms with Crippen molar-refractivity contribution < 1.29 is 9.53 Å². The number of hydrogen-bond acceptors (Lipinski definition) is 4. The van der Waals surface area contributed by atoms with Crippen molar-refractivity contribution in [3.63, 3.8) is 0 Å². The Bertz CT molecular complexity index is 785. The maximum Gasteiger partial charge on any atom is 0.224 e. The van der Waals surface area contributed by atoms with E-state index in [0.29, 0.717) is 6.54 Å². The molecule has 2 aromatic rings. The molecule has 2 aromatic carbocycles. The number of para-hydroxylation sites is 1. The molecule has 0 aliphatic carbocycles. The fraction of sp³-hybridized carbons (Fsp3) is 0.458. The van der Waals surface area contributed by atoms with Crippen LogP contribution >= 0.6 is 24.8 Å². The molecule has 3 rings (SSSR count). The molecule has 1 fully saturated rings. The molecule has 1 aliphatic rings. The molecular weight excluding hydrogens is 433 g/mol. The van der Waals surface area contributed by atoms with Crippen molar-refractivity contribution in [1.82, 2.24) is 10.2 Å². The smallest absolute Gasteiger partial charge is 0.224 e. The van der Waals surface area contributed by atoms with Crippen LogP contribution in [0.5, 0.6) is 5.75 Å². The monoisotopic (exact) mass is 467 g/mol. The predicted molar refractivity (Wildman–Crippen MR) is 131 cm³/mol. The normalized spacial score (nSPS) is 16.7. The Morgan fingerprint density at radius 2 is 1.65 bits per heavy atom. The summed E-state index contributed by atoms with van der Waals surface area (Å²) in [6, 6.07) is 17.7. The van der Waals surface area contributed by atoms with E-state index in [4.69, 9.17) is 10.5 Å². The minimum atomic E-state index is -0.323. The molecule has 5 nitrogen and oxygen atoms in total. The maximum absolute atomic E-state index is 12.9. The summed E-state index contributed by atoms with van der Waals surface area (Å²) in [7, 11) is 1.70. The maximum atomic E-state index is 12.9. The lowest BCUT2D eigenvalue weighted by Gasteiger charge is -2.36. The molecule has 0 aromatic heterocycles. The SMILES string of the molecule is COc1ccccc1C(CNC(=O)C(C)C(N)c1ccccc1)N1CCCCC1.Cl.Cl. The molecule has 3 atom stereocenters. The Labute approximate surface area is 198 Å². The molecule has 0 bridgehead atoms. The van der Waals surface area contributed by atoms with Gasteiger partial charge in [0.25, 0.3) is 0 Å². The van der Waals surface area contributed by atoms with Gasteiger partial charge in [0, 0.05) is 18.2 Å². The summed E-state index contributed by atoms with van der Waals surface area (Å²) in [5, 5.41) is 3.16. The van der Waals surface area contributed by atoms with Gasteiger partial charge in [-0.2, -0.15) is 0 Å². The van der Waals surface area contributed by atoms with E-state index >= 15 is 0 Å². The van der Waals surface area contributed by atoms with Gasteiger partial charge in [0.1, 0.15) is 5.75 Å². The van der Waals surface area contributed by atoms with Crippen molar-refractivity contribution in [2.45, 2.75) is 38.3 Å². The molecule has 3 unspecified atom stereocenters. The van der Waals surface area contributed by atoms with E-state index in [2.05, 4.69) is 16.3 Å². The first-order valence-corrected chi connectivity index (χ1v) is 10.6. The number of rotatable bonds is 8. The van der Waals surface area contributed by atoms with Crippen LogP contribution < -0.4 is 15.8 Å². The number of benzene rings is 2. The second-order valence-corrected chi connectivity index (χ2v) is 7.82. The number of methoxy groups -OCH3 is 1. The molecule has 172 valence electrons. The fourth-order valence-corrected chi connectivity index (χ4v) is 4.09. The Morgan fingerprint density at radius 3 is 2.29 bits per heavy atom. The van der Waals surface area contributed by atoms with Gasteiger partial charge >= 0.3 is 0 Å². The Hall–Kier alpha value is -1.79. The predicted octanol–water partition coefficient (Wildman–Crippen LogP) is 4.52. The first-order valence-electron chi connectivity index (χ1n) is 10.6. The van der Waals surface area contributed by atoms with Crippen LogP contribution in [0, 0.1) is 5.92 Å². The highest BCUT2D eigenvalue weighted by Crippen LogP contribution is 2.31. The number of nitrogens with one attached hydrogen (secondary N) is 1. The minimum absolute atomic E-state index is 0. The molecule has 3 N–H and O–H groups in total. The molecule has 0 spiro atoms. The fourth-order valence-electron chi connectivity index (χ4n) is 4.09. The van der Waals surface area contributed by atoms with Crippen LogP contribution in [0.4, 0.5) is 0 Å². The van der Waals surface area contributed by atoms with Crippen LogP contribution in [0.1, 0.15) is 49.4 Å². The average molecular weight is 468 g/mol. The second-order valence-electron chi connectivity index (χ2n) is 7.82. The highest BCUT2D eigenvalue weighted by Gasteiger charge is 2.27. The molecule has 0 radical (unpaired) electrons. The zero-order valence-electron chi connectivity index (χ0n) is 18.3. The summed E-state index contributed by atoms with van der Waals surface area (Å²) in [5.41, 5.74) is 8.46. The van der Waals surface area contributed by atoms with Gasteiger partial charge in [-0.3, -0.25) is 9.69 Å². The minimum Gasteiger partial charge on any atom is -0.496 e. The van der Waals surface area contributed by atoms with Gasteiger partial charge in [-0.25, -0.2) is 0 Å². The van der Waals surface area contributed by atoms with E-state index in [1.807, 2.05) is 55.5 Å². The quantitative estimate of drug-likeness (QED) is 0.598. The highest BCUT2D eigenvalue weighted by molar-refractivity contribution is 5.85. The first-order chi connectivity index (χ1) is 14.1. The zero-order valence-corrected chi connectivity index (χ0v) is 20.0. The Kier molecular flexibility index (Phi) is 11.9. The van der Waals surface area contributed by atoms with Crippen molar-refractivity contribution >= 4 is 30.7 Å². The van der Waals surface area contributed by atoms with Gasteiger partial charge in [0.05, 0.1) is 19.1 Å². The molecule has 1 amide bonds. The van der Waals surface area contributed by atoms with Crippen LogP contribution in [-0.4, -0.2) is 37.6 Å². The summed E-state index contributed by atoms with van der Waals surface area (Å²) in [5.74, 6) is 0.543. The Morgan fingerprint density at radius 1 is 1.03 bits per heavy atom. The molecular formula is C24H35Cl2N3O2. The molecule has 7 heteroatoms. The van der Waals surface area contributed by atoms with Crippen LogP contribution in [0.3, 0.4) is 0 Å². The summed E-state index contributed by atoms with van der Waals surface area (Å²) in [4.78, 5) is 15.4. The van der Waals surface area contributed by atoms with Gasteiger partial charge in [-0.05, 0) is 37.6 Å². The van der Waals surface area contributed by atoms with Gasteiger partial charge < -0.3 is 15.8 Å². The number of piperidine rings is 1. The van der Waals surface area contributed by atoms with Gasteiger partial charge in [-0.15, -0.1) is 24.8 Å². The van der Waals surface area contributed by atoms with Crippen molar-refractivity contribution in [3.8, 4) is 5.75 Å². The van der Waals surface area contributed by atoms with Crippen LogP contribution in [0.2, 0.25) is 0 Å². The van der Waals surface area contributed by atoms with E-state index in [0.717, 1.165) is 30.0 Å². The summed E-state index contributed by atoms with van der Waals surface area (Å²) in [6.45, 7) is 4.52. The van der Waals surface area contributed by atoms with Gasteiger partial charge in [0.15, 0.2) is 0 Å². The summed E-state index contributed by atoms with van der Waals surface area (Å²) >= 11 is 0. The van der Waals surface area contributed by atoms with Crippen molar-refractivity contribution in [2.75, 3.05) is 26.7 Å². The van der Waals surface area contributed by atoms with E-state index in [-0.39, 0.29) is 48.7 Å². The molecule has 0 saturated carbocycles. The second kappa shape index (κ2) is 13.6. The summed E-state index contributed by atoms with van der Waals surface area (Å²) < 4.78 is 5.61. The number of hydrogen-bond donors (Lipinski definition) is 2. The van der Waals surface area contributed by atoms with E-state index < -0.39 is 0 Å². The summed E-state index contributed by atoms with van der Waals surface area (Å²) in [6.07, 6.45) is 3.65. The van der Waals surface area contributed by atoms with Gasteiger partial charge in [-0.1, -0.05) is 61.9 Å². The van der Waals surface area contributed by atoms with Crippen LogP contribution in [-0.2, 0) is 4.79 Å². The third-order valence-electron chi connectivity index (χ3n) is 5.94. The van der Waals surface area contributed by atoms with Crippen molar-refractivity contribution in [3.05, 3.63) is 65.7 Å². The number of carbonyl (C=O) groups excluding carboxylic acids is 1. The van der Waals surface area contributed by atoms with E-state index in [9.17, 15) is 4.79 Å². The van der Waals surface area contributed by atoms with Gasteiger partial charge in [0.2, 0.25) is 5.91 Å². The van der Waals surface area contributed by atoms with Crippen molar-refractivity contribution in [1.29, 1.82) is 0 Å². The third-order valence-corrected chi connectivity index (χ3v) is 5.94. The van der Waals surface area contributed by atoms with Crippen LogP contribution in [0.25, 0.3) is 0 Å². The number of nitrogens with zero attached hydrogens (tertiary/aromatic N) is 1. The van der Waals surface area contributed by atoms with Crippen molar-refractivity contribution in [2.24, 2.45) is 11.7 Å². The Balaban J connectivity index is 0.00000240. The van der Waals surface area contributed by atoms with Crippen LogP contribution in [0.15, 0.2) is 54.6 Å². The first kappa shape index (κ1) is 27.2. The van der Waals surface area contributed by atoms with E-state index in [1.54, 1.807) is 7.11 Å². The topological polar surface area (TPSA) is 67.6 Å². The number of carbonyl (C=O) groups is 1. The highest BCUT2D eigenvalue weighted by atomic mass is 35.5. The molecule has 1 saturated heterocycles. The average Bonchev–Trinajstić information content (AvgIpc) is 2.79. The zero-order chi connectivity index (χ0) is 20.6. The molecule has 1 aliphatic heterocycles. The standard InChI is InChI=1S/C24H33N3O2.2ClH/c1-18(23(25)19-11-5-3-6-12-19)24(28)26-17-21(27-15-9-4-10-16-27)20-13-7-8-14-22(20)29-2;;/h3,5-8,11-14,18,21,23H,4,9-10,15-17,25H2,1-2H3,(H,26,28);2*1H. The number of likely N-dealkylation sites (tertiary alicyclic amines) is 1. The number of nitrogens with two attached hydrogens (primary N) is 1.